The van der Waals surface area contributed by atoms with Crippen molar-refractivity contribution in [2.45, 2.75) is 58.9 Å². The largest absolute Gasteiger partial charge is 0.359 e. The van der Waals surface area contributed by atoms with E-state index < -0.39 is 0 Å². The van der Waals surface area contributed by atoms with Crippen LogP contribution in [-0.2, 0) is 0 Å². The van der Waals surface area contributed by atoms with E-state index in [4.69, 9.17) is 12.2 Å². The third-order valence-corrected chi connectivity index (χ3v) is 5.08. The van der Waals surface area contributed by atoms with Gasteiger partial charge in [0.15, 0.2) is 5.11 Å². The first kappa shape index (κ1) is 16.3. The number of hydrogen-bond donors (Lipinski definition) is 2. The smallest absolute Gasteiger partial charge is 0.171 e. The molecule has 2 nitrogen and oxygen atoms in total. The minimum atomic E-state index is 0.503. The third kappa shape index (κ3) is 4.44. The summed E-state index contributed by atoms with van der Waals surface area (Å²) < 4.78 is 0. The van der Waals surface area contributed by atoms with E-state index in [-0.39, 0.29) is 0 Å². The molecule has 3 atom stereocenters. The van der Waals surface area contributed by atoms with Crippen molar-refractivity contribution in [1.29, 1.82) is 0 Å². The SMILES string of the molecule is CC(C)c1ccc(NC(=S)NC2CCCC(C)C2C)cc1. The molecule has 0 aromatic heterocycles. The van der Waals surface area contributed by atoms with Crippen molar-refractivity contribution in [3.8, 4) is 0 Å². The monoisotopic (exact) mass is 304 g/mol. The molecule has 0 aliphatic heterocycles. The van der Waals surface area contributed by atoms with Crippen molar-refractivity contribution >= 4 is 23.0 Å². The molecular weight excluding hydrogens is 276 g/mol. The first-order valence-electron chi connectivity index (χ1n) is 8.15. The van der Waals surface area contributed by atoms with Crippen LogP contribution in [-0.4, -0.2) is 11.2 Å². The van der Waals surface area contributed by atoms with E-state index in [0.717, 1.165) is 16.7 Å². The van der Waals surface area contributed by atoms with Crippen molar-refractivity contribution in [2.24, 2.45) is 11.8 Å². The van der Waals surface area contributed by atoms with Gasteiger partial charge in [-0.15, -0.1) is 0 Å². The quantitative estimate of drug-likeness (QED) is 0.775. The summed E-state index contributed by atoms with van der Waals surface area (Å²) in [6.45, 7) is 9.10. The molecule has 0 heterocycles. The summed E-state index contributed by atoms with van der Waals surface area (Å²) in [7, 11) is 0. The maximum absolute atomic E-state index is 5.47. The van der Waals surface area contributed by atoms with Crippen LogP contribution in [0, 0.1) is 11.8 Å². The predicted octanol–water partition coefficient (Wildman–Crippen LogP) is 4.92. The summed E-state index contributed by atoms with van der Waals surface area (Å²) in [6, 6.07) is 9.05. The highest BCUT2D eigenvalue weighted by molar-refractivity contribution is 7.80. The Hall–Kier alpha value is -1.09. The molecule has 0 radical (unpaired) electrons. The second-order valence-electron chi connectivity index (χ2n) is 6.75. The van der Waals surface area contributed by atoms with Gasteiger partial charge in [-0.1, -0.05) is 52.7 Å². The van der Waals surface area contributed by atoms with Gasteiger partial charge in [-0.25, -0.2) is 0 Å². The molecule has 116 valence electrons. The van der Waals surface area contributed by atoms with Gasteiger partial charge in [0.25, 0.3) is 0 Å². The zero-order valence-corrected chi connectivity index (χ0v) is 14.5. The normalized spacial score (nSPS) is 25.7. The van der Waals surface area contributed by atoms with Gasteiger partial charge >= 0.3 is 0 Å². The van der Waals surface area contributed by atoms with Crippen LogP contribution in [0.2, 0.25) is 0 Å². The van der Waals surface area contributed by atoms with Crippen LogP contribution in [0.15, 0.2) is 24.3 Å². The van der Waals surface area contributed by atoms with Crippen LogP contribution in [0.1, 0.15) is 58.4 Å². The lowest BCUT2D eigenvalue weighted by Gasteiger charge is -2.35. The lowest BCUT2D eigenvalue weighted by molar-refractivity contribution is 0.225. The average Bonchev–Trinajstić information content (AvgIpc) is 2.44. The molecule has 2 N–H and O–H groups in total. The van der Waals surface area contributed by atoms with Crippen LogP contribution >= 0.6 is 12.2 Å². The molecule has 3 heteroatoms. The minimum Gasteiger partial charge on any atom is -0.359 e. The number of benzene rings is 1. The second kappa shape index (κ2) is 7.26. The van der Waals surface area contributed by atoms with E-state index >= 15 is 0 Å². The molecule has 1 aliphatic carbocycles. The van der Waals surface area contributed by atoms with Gasteiger partial charge in [-0.3, -0.25) is 0 Å². The maximum atomic E-state index is 5.47. The molecule has 1 aromatic carbocycles. The third-order valence-electron chi connectivity index (χ3n) is 4.86. The van der Waals surface area contributed by atoms with E-state index in [0.29, 0.717) is 17.9 Å². The Morgan fingerprint density at radius 1 is 1.14 bits per heavy atom. The molecule has 0 saturated heterocycles. The molecule has 1 fully saturated rings. The topological polar surface area (TPSA) is 24.1 Å². The van der Waals surface area contributed by atoms with Crippen molar-refractivity contribution < 1.29 is 0 Å². The Kier molecular flexibility index (Phi) is 5.63. The summed E-state index contributed by atoms with van der Waals surface area (Å²) in [5.41, 5.74) is 2.42. The van der Waals surface area contributed by atoms with Gasteiger partial charge in [-0.2, -0.15) is 0 Å². The van der Waals surface area contributed by atoms with E-state index in [1.807, 2.05) is 0 Å². The summed E-state index contributed by atoms with van der Waals surface area (Å²) in [6.07, 6.45) is 3.87. The molecule has 0 spiro atoms. The lowest BCUT2D eigenvalue weighted by Crippen LogP contribution is -2.45. The van der Waals surface area contributed by atoms with Crippen LogP contribution in [0.5, 0.6) is 0 Å². The van der Waals surface area contributed by atoms with Crippen LogP contribution in [0.3, 0.4) is 0 Å². The van der Waals surface area contributed by atoms with E-state index in [1.165, 1.54) is 24.8 Å². The molecule has 2 rings (SSSR count). The summed E-state index contributed by atoms with van der Waals surface area (Å²) in [4.78, 5) is 0. The Morgan fingerprint density at radius 3 is 2.43 bits per heavy atom. The van der Waals surface area contributed by atoms with Crippen LogP contribution in [0.25, 0.3) is 0 Å². The highest BCUT2D eigenvalue weighted by atomic mass is 32.1. The number of hydrogen-bond acceptors (Lipinski definition) is 1. The van der Waals surface area contributed by atoms with E-state index in [2.05, 4.69) is 62.6 Å². The number of nitrogens with one attached hydrogen (secondary N) is 2. The lowest BCUT2D eigenvalue weighted by atomic mass is 9.78. The molecule has 3 unspecified atom stereocenters. The molecule has 1 saturated carbocycles. The van der Waals surface area contributed by atoms with Gasteiger partial charge < -0.3 is 10.6 Å². The van der Waals surface area contributed by atoms with Crippen molar-refractivity contribution in [3.05, 3.63) is 29.8 Å². The van der Waals surface area contributed by atoms with Crippen molar-refractivity contribution in [1.82, 2.24) is 5.32 Å². The molecular formula is C18H28N2S. The fourth-order valence-electron chi connectivity index (χ4n) is 3.07. The zero-order chi connectivity index (χ0) is 15.4. The molecule has 0 bridgehead atoms. The molecule has 1 aliphatic rings. The summed E-state index contributed by atoms with van der Waals surface area (Å²) >= 11 is 5.47. The zero-order valence-electron chi connectivity index (χ0n) is 13.6. The first-order valence-corrected chi connectivity index (χ1v) is 8.55. The van der Waals surface area contributed by atoms with E-state index in [1.54, 1.807) is 0 Å². The highest BCUT2D eigenvalue weighted by Crippen LogP contribution is 2.29. The number of thiocarbonyl (C=S) groups is 1. The Morgan fingerprint density at radius 2 is 1.81 bits per heavy atom. The van der Waals surface area contributed by atoms with Crippen molar-refractivity contribution in [2.75, 3.05) is 5.32 Å². The Bertz CT molecular complexity index is 467. The van der Waals surface area contributed by atoms with Crippen LogP contribution < -0.4 is 10.6 Å². The van der Waals surface area contributed by atoms with Gasteiger partial charge in [0.05, 0.1) is 0 Å². The van der Waals surface area contributed by atoms with Gasteiger partial charge in [0.1, 0.15) is 0 Å². The Balaban J connectivity index is 1.89. The summed E-state index contributed by atoms with van der Waals surface area (Å²) in [5.74, 6) is 2.03. The molecule has 1 aromatic rings. The second-order valence-corrected chi connectivity index (χ2v) is 7.16. The van der Waals surface area contributed by atoms with Crippen LogP contribution in [0.4, 0.5) is 5.69 Å². The summed E-state index contributed by atoms with van der Waals surface area (Å²) in [5, 5.41) is 7.56. The standard InChI is InChI=1S/C18H28N2S/c1-12(2)15-8-10-16(11-9-15)19-18(21)20-17-7-5-6-13(3)14(17)4/h8-14,17H,5-7H2,1-4H3,(H2,19,20,21). The average molecular weight is 305 g/mol. The fraction of sp³-hybridized carbons (Fsp3) is 0.611. The number of anilines is 1. The predicted molar refractivity (Wildman–Crippen MR) is 95.9 cm³/mol. The fourth-order valence-corrected chi connectivity index (χ4v) is 3.34. The molecule has 0 amide bonds. The number of rotatable bonds is 3. The van der Waals surface area contributed by atoms with Gasteiger partial charge in [-0.05, 0) is 54.1 Å². The first-order chi connectivity index (χ1) is 9.97. The van der Waals surface area contributed by atoms with Gasteiger partial charge in [0, 0.05) is 11.7 Å². The van der Waals surface area contributed by atoms with Crippen molar-refractivity contribution in [3.63, 3.8) is 0 Å². The van der Waals surface area contributed by atoms with E-state index in [9.17, 15) is 0 Å². The highest BCUT2D eigenvalue weighted by Gasteiger charge is 2.27. The molecule has 21 heavy (non-hydrogen) atoms. The minimum absolute atomic E-state index is 0.503. The van der Waals surface area contributed by atoms with Gasteiger partial charge in [0.2, 0.25) is 0 Å². The maximum Gasteiger partial charge on any atom is 0.171 e. The Labute approximate surface area is 134 Å².